The topological polar surface area (TPSA) is 38.3 Å². The average Bonchev–Trinajstić information content (AvgIpc) is 2.46. The summed E-state index contributed by atoms with van der Waals surface area (Å²) in [7, 11) is 0. The molecule has 2 aliphatic rings. The van der Waals surface area contributed by atoms with Crippen molar-refractivity contribution in [2.45, 2.75) is 12.5 Å². The fraction of sp³-hybridized carbons (Fsp3) is 0.300. The Morgan fingerprint density at radius 3 is 3.07 bits per heavy atom. The number of amides is 1. The maximum Gasteiger partial charge on any atom is 0.407 e. The molecule has 1 saturated heterocycles. The number of carbonyl (C=O) groups is 1. The molecule has 4 heteroatoms. The third-order valence-corrected chi connectivity index (χ3v) is 2.13. The molecule has 1 atom stereocenters. The van der Waals surface area contributed by atoms with Gasteiger partial charge in [0.05, 0.1) is 6.54 Å². The monoisotopic (exact) mass is 195 g/mol. The fourth-order valence-corrected chi connectivity index (χ4v) is 1.41. The van der Waals surface area contributed by atoms with Gasteiger partial charge in [0.2, 0.25) is 0 Å². The number of hydrogen-bond acceptors (Lipinski definition) is 2. The molecule has 1 aliphatic heterocycles. The van der Waals surface area contributed by atoms with E-state index in [0.29, 0.717) is 13.0 Å². The molecule has 0 aromatic carbocycles. The SMILES string of the molecule is O=C1NCC(C2=CC=C(F)CC=C2)O1. The summed E-state index contributed by atoms with van der Waals surface area (Å²) in [6.07, 6.45) is 6.14. The van der Waals surface area contributed by atoms with Crippen LogP contribution in [-0.2, 0) is 4.74 Å². The van der Waals surface area contributed by atoms with E-state index in [1.807, 2.05) is 0 Å². The molecule has 0 aromatic heterocycles. The minimum Gasteiger partial charge on any atom is -0.439 e. The fourth-order valence-electron chi connectivity index (χ4n) is 1.41. The van der Waals surface area contributed by atoms with Crippen LogP contribution in [-0.4, -0.2) is 18.7 Å². The quantitative estimate of drug-likeness (QED) is 0.693. The minimum atomic E-state index is -0.419. The highest BCUT2D eigenvalue weighted by Gasteiger charge is 2.24. The number of rotatable bonds is 1. The molecule has 0 radical (unpaired) electrons. The van der Waals surface area contributed by atoms with E-state index < -0.39 is 6.09 Å². The molecular weight excluding hydrogens is 185 g/mol. The highest BCUT2D eigenvalue weighted by Crippen LogP contribution is 2.18. The first-order chi connectivity index (χ1) is 6.75. The van der Waals surface area contributed by atoms with E-state index in [9.17, 15) is 9.18 Å². The van der Waals surface area contributed by atoms with Crippen LogP contribution in [0, 0.1) is 0 Å². The highest BCUT2D eigenvalue weighted by atomic mass is 19.1. The van der Waals surface area contributed by atoms with Crippen molar-refractivity contribution >= 4 is 6.09 Å². The molecule has 0 spiro atoms. The van der Waals surface area contributed by atoms with Crippen LogP contribution in [0.1, 0.15) is 6.42 Å². The van der Waals surface area contributed by atoms with Gasteiger partial charge in [0.1, 0.15) is 11.9 Å². The molecule has 1 aliphatic carbocycles. The summed E-state index contributed by atoms with van der Waals surface area (Å²) in [6, 6.07) is 0. The van der Waals surface area contributed by atoms with Crippen molar-refractivity contribution < 1.29 is 13.9 Å². The van der Waals surface area contributed by atoms with Crippen LogP contribution in [0.3, 0.4) is 0 Å². The number of alkyl carbamates (subject to hydrolysis) is 1. The maximum atomic E-state index is 12.8. The van der Waals surface area contributed by atoms with Crippen LogP contribution < -0.4 is 5.32 Å². The first-order valence-electron chi connectivity index (χ1n) is 4.43. The molecule has 0 bridgehead atoms. The lowest BCUT2D eigenvalue weighted by molar-refractivity contribution is 0.155. The molecule has 74 valence electrons. The molecule has 1 amide bonds. The van der Waals surface area contributed by atoms with Gasteiger partial charge in [0.15, 0.2) is 0 Å². The van der Waals surface area contributed by atoms with Crippen molar-refractivity contribution in [3.05, 3.63) is 35.7 Å². The average molecular weight is 195 g/mol. The zero-order chi connectivity index (χ0) is 9.97. The van der Waals surface area contributed by atoms with Crippen molar-refractivity contribution in [2.24, 2.45) is 0 Å². The van der Waals surface area contributed by atoms with Crippen LogP contribution in [0.4, 0.5) is 9.18 Å². The van der Waals surface area contributed by atoms with E-state index in [2.05, 4.69) is 5.32 Å². The first-order valence-corrected chi connectivity index (χ1v) is 4.43. The van der Waals surface area contributed by atoms with Gasteiger partial charge in [-0.1, -0.05) is 18.2 Å². The lowest BCUT2D eigenvalue weighted by Gasteiger charge is -2.07. The summed E-state index contributed by atoms with van der Waals surface area (Å²) in [4.78, 5) is 10.8. The van der Waals surface area contributed by atoms with Crippen molar-refractivity contribution in [1.82, 2.24) is 5.32 Å². The summed E-state index contributed by atoms with van der Waals surface area (Å²) in [5.41, 5.74) is 0.816. The lowest BCUT2D eigenvalue weighted by atomic mass is 10.1. The standard InChI is InChI=1S/C10H10FNO2/c11-8-3-1-2-7(4-5-8)9-6-12-10(13)14-9/h1-2,4-5,9H,3,6H2,(H,12,13). The van der Waals surface area contributed by atoms with Gasteiger partial charge in [-0.05, 0) is 11.6 Å². The Labute approximate surface area is 80.9 Å². The molecule has 1 heterocycles. The number of nitrogens with one attached hydrogen (secondary N) is 1. The zero-order valence-corrected chi connectivity index (χ0v) is 7.50. The van der Waals surface area contributed by atoms with Crippen LogP contribution in [0.15, 0.2) is 35.7 Å². The van der Waals surface area contributed by atoms with Crippen molar-refractivity contribution in [3.8, 4) is 0 Å². The van der Waals surface area contributed by atoms with Gasteiger partial charge in [-0.15, -0.1) is 0 Å². The van der Waals surface area contributed by atoms with Crippen molar-refractivity contribution in [1.29, 1.82) is 0 Å². The second-order valence-electron chi connectivity index (χ2n) is 3.16. The maximum absolute atomic E-state index is 12.8. The summed E-state index contributed by atoms with van der Waals surface area (Å²) < 4.78 is 17.8. The predicted octanol–water partition coefficient (Wildman–Crippen LogP) is 1.83. The second-order valence-corrected chi connectivity index (χ2v) is 3.16. The number of ether oxygens (including phenoxy) is 1. The summed E-state index contributed by atoms with van der Waals surface area (Å²) in [6.45, 7) is 0.449. The van der Waals surface area contributed by atoms with E-state index in [1.165, 1.54) is 6.08 Å². The van der Waals surface area contributed by atoms with E-state index in [4.69, 9.17) is 4.74 Å². The zero-order valence-electron chi connectivity index (χ0n) is 7.50. The normalized spacial score (nSPS) is 26.1. The molecular formula is C10H10FNO2. The summed E-state index contributed by atoms with van der Waals surface area (Å²) in [5.74, 6) is -0.187. The second kappa shape index (κ2) is 3.65. The van der Waals surface area contributed by atoms with Crippen LogP contribution in [0.5, 0.6) is 0 Å². The number of halogens is 1. The Hall–Kier alpha value is -1.58. The molecule has 1 unspecified atom stereocenters. The van der Waals surface area contributed by atoms with Crippen molar-refractivity contribution in [2.75, 3.05) is 6.54 Å². The number of allylic oxidation sites excluding steroid dienone is 4. The minimum absolute atomic E-state index is 0.187. The lowest BCUT2D eigenvalue weighted by Crippen LogP contribution is -2.15. The smallest absolute Gasteiger partial charge is 0.407 e. The van der Waals surface area contributed by atoms with Gasteiger partial charge in [0, 0.05) is 6.42 Å². The Balaban J connectivity index is 2.14. The van der Waals surface area contributed by atoms with Crippen LogP contribution in [0.2, 0.25) is 0 Å². The third-order valence-electron chi connectivity index (χ3n) is 2.13. The molecule has 1 N–H and O–H groups in total. The molecule has 0 aromatic rings. The van der Waals surface area contributed by atoms with Gasteiger partial charge >= 0.3 is 6.09 Å². The Kier molecular flexibility index (Phi) is 2.35. The number of carbonyl (C=O) groups excluding carboxylic acids is 1. The number of hydrogen-bond donors (Lipinski definition) is 1. The van der Waals surface area contributed by atoms with E-state index in [-0.39, 0.29) is 11.9 Å². The van der Waals surface area contributed by atoms with E-state index >= 15 is 0 Å². The molecule has 1 fully saturated rings. The largest absolute Gasteiger partial charge is 0.439 e. The highest BCUT2D eigenvalue weighted by molar-refractivity contribution is 5.70. The van der Waals surface area contributed by atoms with Crippen LogP contribution in [0.25, 0.3) is 0 Å². The molecule has 2 rings (SSSR count). The Morgan fingerprint density at radius 2 is 2.36 bits per heavy atom. The van der Waals surface area contributed by atoms with Crippen LogP contribution >= 0.6 is 0 Å². The molecule has 3 nitrogen and oxygen atoms in total. The molecule has 0 saturated carbocycles. The van der Waals surface area contributed by atoms with Gasteiger partial charge in [-0.2, -0.15) is 0 Å². The van der Waals surface area contributed by atoms with E-state index in [1.54, 1.807) is 18.2 Å². The number of cyclic esters (lactones) is 1. The Bertz CT molecular complexity index is 344. The molecule has 14 heavy (non-hydrogen) atoms. The van der Waals surface area contributed by atoms with Crippen molar-refractivity contribution in [3.63, 3.8) is 0 Å². The third kappa shape index (κ3) is 1.84. The van der Waals surface area contributed by atoms with E-state index in [0.717, 1.165) is 5.57 Å². The Morgan fingerprint density at radius 1 is 1.50 bits per heavy atom. The summed E-state index contributed by atoms with van der Waals surface area (Å²) >= 11 is 0. The van der Waals surface area contributed by atoms with Gasteiger partial charge < -0.3 is 10.1 Å². The van der Waals surface area contributed by atoms with Gasteiger partial charge in [-0.25, -0.2) is 9.18 Å². The van der Waals surface area contributed by atoms with Gasteiger partial charge in [-0.3, -0.25) is 0 Å². The van der Waals surface area contributed by atoms with Gasteiger partial charge in [0.25, 0.3) is 0 Å². The predicted molar refractivity (Wildman–Crippen MR) is 49.3 cm³/mol. The summed E-state index contributed by atoms with van der Waals surface area (Å²) in [5, 5.41) is 2.55. The first kappa shape index (κ1) is 8.99.